The highest BCUT2D eigenvalue weighted by Crippen LogP contribution is 2.74. The molecule has 8 atom stereocenters. The third-order valence-corrected chi connectivity index (χ3v) is 10.0. The molecule has 0 unspecified atom stereocenters. The number of hydrogen-bond donors (Lipinski definition) is 2. The molecule has 0 aromatic rings. The molecule has 6 nitrogen and oxygen atoms in total. The molecule has 2 N–H and O–H groups in total. The lowest BCUT2D eigenvalue weighted by Crippen LogP contribution is -2.75. The Morgan fingerprint density at radius 2 is 1.91 bits per heavy atom. The van der Waals surface area contributed by atoms with Gasteiger partial charge in [-0.05, 0) is 76.7 Å². The summed E-state index contributed by atoms with van der Waals surface area (Å²) in [6, 6.07) is 0. The summed E-state index contributed by atoms with van der Waals surface area (Å²) < 4.78 is 11.2. The zero-order chi connectivity index (χ0) is 23.7. The highest BCUT2D eigenvalue weighted by atomic mass is 16.5. The number of ether oxygens (including phenoxy) is 2. The van der Waals surface area contributed by atoms with Gasteiger partial charge in [0, 0.05) is 16.4 Å². The van der Waals surface area contributed by atoms with Crippen LogP contribution in [0.5, 0.6) is 0 Å². The molecule has 4 fully saturated rings. The van der Waals surface area contributed by atoms with Gasteiger partial charge in [-0.1, -0.05) is 26.0 Å². The molecule has 0 amide bonds. The molecule has 1 spiro atoms. The van der Waals surface area contributed by atoms with E-state index in [4.69, 9.17) is 9.47 Å². The molecular weight excluding hydrogens is 408 g/mol. The van der Waals surface area contributed by atoms with Crippen LogP contribution in [0.4, 0.5) is 0 Å². The number of fused-ring (bicyclic) bond motifs is 3. The summed E-state index contributed by atoms with van der Waals surface area (Å²) in [7, 11) is 1.42. The fourth-order valence-electron chi connectivity index (χ4n) is 8.34. The lowest BCUT2D eigenvalue weighted by Gasteiger charge is -2.69. The minimum absolute atomic E-state index is 0.00437. The summed E-state index contributed by atoms with van der Waals surface area (Å²) in [6.45, 7) is 11.7. The van der Waals surface area contributed by atoms with Gasteiger partial charge in [0.15, 0.2) is 0 Å². The summed E-state index contributed by atoms with van der Waals surface area (Å²) >= 11 is 0. The molecule has 4 aliphatic rings. The summed E-state index contributed by atoms with van der Waals surface area (Å²) in [5.74, 6) is -0.795. The maximum atomic E-state index is 12.9. The fourth-order valence-corrected chi connectivity index (χ4v) is 8.34. The molecule has 0 aliphatic heterocycles. The van der Waals surface area contributed by atoms with Gasteiger partial charge >= 0.3 is 11.9 Å². The summed E-state index contributed by atoms with van der Waals surface area (Å²) in [4.78, 5) is 25.7. The summed E-state index contributed by atoms with van der Waals surface area (Å²) in [6.07, 6.45) is 4.55. The van der Waals surface area contributed by atoms with E-state index >= 15 is 0 Å². The van der Waals surface area contributed by atoms with E-state index in [1.807, 2.05) is 13.8 Å². The fraction of sp³-hybridized carbons (Fsp3) is 0.769. The second-order valence-corrected chi connectivity index (χ2v) is 11.2. The van der Waals surface area contributed by atoms with Gasteiger partial charge in [-0.25, -0.2) is 4.79 Å². The third-order valence-electron chi connectivity index (χ3n) is 10.0. The minimum Gasteiger partial charge on any atom is -0.469 e. The third kappa shape index (κ3) is 2.65. The smallest absolute Gasteiger partial charge is 0.333 e. The normalized spacial score (nSPS) is 48.0. The topological polar surface area (TPSA) is 93.1 Å². The van der Waals surface area contributed by atoms with E-state index in [1.165, 1.54) is 7.11 Å². The number of rotatable bonds is 3. The second-order valence-electron chi connectivity index (χ2n) is 11.2. The van der Waals surface area contributed by atoms with E-state index in [9.17, 15) is 19.8 Å². The van der Waals surface area contributed by atoms with Crippen molar-refractivity contribution in [2.24, 2.45) is 28.1 Å². The molecule has 0 aromatic carbocycles. The van der Waals surface area contributed by atoms with Crippen LogP contribution in [0.2, 0.25) is 0 Å². The number of hydrogen-bond acceptors (Lipinski definition) is 6. The molecule has 0 aromatic heterocycles. The van der Waals surface area contributed by atoms with E-state index in [2.05, 4.69) is 6.58 Å². The van der Waals surface area contributed by atoms with Crippen molar-refractivity contribution in [3.8, 4) is 0 Å². The molecule has 32 heavy (non-hydrogen) atoms. The zero-order valence-corrected chi connectivity index (χ0v) is 20.1. The number of methoxy groups -OCH3 is 1. The molecular formula is C26H38O6. The van der Waals surface area contributed by atoms with Crippen molar-refractivity contribution < 1.29 is 29.3 Å². The Hall–Kier alpha value is -1.66. The largest absolute Gasteiger partial charge is 0.469 e. The van der Waals surface area contributed by atoms with Crippen LogP contribution >= 0.6 is 0 Å². The van der Waals surface area contributed by atoms with Gasteiger partial charge < -0.3 is 19.7 Å². The first kappa shape index (κ1) is 23.5. The average molecular weight is 447 g/mol. The summed E-state index contributed by atoms with van der Waals surface area (Å²) in [5, 5.41) is 24.1. The number of carbonyl (C=O) groups is 2. The maximum absolute atomic E-state index is 12.9. The Labute approximate surface area is 191 Å². The first-order valence-corrected chi connectivity index (χ1v) is 11.9. The van der Waals surface area contributed by atoms with Gasteiger partial charge in [0.05, 0.1) is 18.6 Å². The first-order chi connectivity index (χ1) is 14.9. The van der Waals surface area contributed by atoms with Crippen molar-refractivity contribution >= 4 is 11.9 Å². The SMILES string of the molecule is C=C1[C@@H]2C[C@H](O)[C@]3(O)[C@@](CC[C@@H]4[C@](C)(C(=O)OC)CCC[C@]43C)(C2)[C@H]1OC(=O)/C(C)=C\C. The highest BCUT2D eigenvalue weighted by Gasteiger charge is 2.78. The lowest BCUT2D eigenvalue weighted by atomic mass is 9.38. The second kappa shape index (κ2) is 7.42. The van der Waals surface area contributed by atoms with Gasteiger partial charge in [-0.15, -0.1) is 0 Å². The van der Waals surface area contributed by atoms with Gasteiger partial charge in [0.2, 0.25) is 0 Å². The van der Waals surface area contributed by atoms with E-state index in [0.717, 1.165) is 12.0 Å². The molecule has 178 valence electrons. The van der Waals surface area contributed by atoms with Gasteiger partial charge in [0.25, 0.3) is 0 Å². The van der Waals surface area contributed by atoms with Crippen LogP contribution in [-0.2, 0) is 19.1 Å². The number of carbonyl (C=O) groups excluding carboxylic acids is 2. The van der Waals surface area contributed by atoms with Crippen molar-refractivity contribution in [3.05, 3.63) is 23.8 Å². The predicted molar refractivity (Wildman–Crippen MR) is 119 cm³/mol. The molecule has 4 saturated carbocycles. The number of aliphatic hydroxyl groups is 2. The van der Waals surface area contributed by atoms with Crippen LogP contribution in [-0.4, -0.2) is 47.1 Å². The average Bonchev–Trinajstić information content (AvgIpc) is 2.98. The van der Waals surface area contributed by atoms with Crippen molar-refractivity contribution in [2.45, 2.75) is 90.4 Å². The Kier molecular flexibility index (Phi) is 5.45. The Bertz CT molecular complexity index is 878. The minimum atomic E-state index is -1.50. The number of aliphatic hydroxyl groups excluding tert-OH is 1. The Morgan fingerprint density at radius 1 is 1.22 bits per heavy atom. The Balaban J connectivity index is 1.83. The quantitative estimate of drug-likeness (QED) is 0.390. The van der Waals surface area contributed by atoms with Gasteiger partial charge in [-0.2, -0.15) is 0 Å². The molecule has 0 saturated heterocycles. The summed E-state index contributed by atoms with van der Waals surface area (Å²) in [5.41, 5.74) is -2.44. The number of allylic oxidation sites excluding steroid dienone is 1. The van der Waals surface area contributed by atoms with Crippen LogP contribution in [0.1, 0.15) is 72.6 Å². The van der Waals surface area contributed by atoms with E-state index in [0.29, 0.717) is 44.1 Å². The maximum Gasteiger partial charge on any atom is 0.333 e. The monoisotopic (exact) mass is 446 g/mol. The van der Waals surface area contributed by atoms with Gasteiger partial charge in [-0.3, -0.25) is 4.79 Å². The van der Waals surface area contributed by atoms with E-state index in [-0.39, 0.29) is 17.8 Å². The molecule has 4 rings (SSSR count). The number of esters is 2. The first-order valence-electron chi connectivity index (χ1n) is 11.9. The van der Waals surface area contributed by atoms with Crippen LogP contribution in [0.3, 0.4) is 0 Å². The van der Waals surface area contributed by atoms with E-state index < -0.39 is 40.0 Å². The van der Waals surface area contributed by atoms with Crippen LogP contribution in [0.15, 0.2) is 23.8 Å². The van der Waals surface area contributed by atoms with Crippen LogP contribution in [0.25, 0.3) is 0 Å². The zero-order valence-electron chi connectivity index (χ0n) is 20.1. The van der Waals surface area contributed by atoms with Crippen molar-refractivity contribution in [2.75, 3.05) is 7.11 Å². The van der Waals surface area contributed by atoms with Crippen molar-refractivity contribution in [3.63, 3.8) is 0 Å². The van der Waals surface area contributed by atoms with Crippen LogP contribution in [0, 0.1) is 28.1 Å². The molecule has 0 heterocycles. The standard InChI is InChI=1S/C26H38O6/c1-7-15(2)21(28)32-20-16(3)17-13-19(27)26(30)24(5)11-8-10-23(4,22(29)31-6)18(24)9-12-25(20,26)14-17/h7,17-20,27,30H,3,8-14H2,1-2,4-6H3/b15-7-/t17-,18-,19+,20+,23-,24-,25+,26-/m1/s1. The Morgan fingerprint density at radius 3 is 2.53 bits per heavy atom. The molecule has 0 radical (unpaired) electrons. The molecule has 6 heteroatoms. The van der Waals surface area contributed by atoms with Crippen LogP contribution < -0.4 is 0 Å². The molecule has 4 aliphatic carbocycles. The molecule has 2 bridgehead atoms. The van der Waals surface area contributed by atoms with Crippen molar-refractivity contribution in [1.82, 2.24) is 0 Å². The highest BCUT2D eigenvalue weighted by molar-refractivity contribution is 5.88. The lowest BCUT2D eigenvalue weighted by molar-refractivity contribution is -0.311. The van der Waals surface area contributed by atoms with Crippen molar-refractivity contribution in [1.29, 1.82) is 0 Å². The predicted octanol–water partition coefficient (Wildman–Crippen LogP) is 3.70. The van der Waals surface area contributed by atoms with E-state index in [1.54, 1.807) is 19.9 Å². The van der Waals surface area contributed by atoms with Gasteiger partial charge in [0.1, 0.15) is 11.7 Å².